The van der Waals surface area contributed by atoms with Gasteiger partial charge in [-0.05, 0) is 44.9 Å². The van der Waals surface area contributed by atoms with Crippen LogP contribution in [0.1, 0.15) is 42.3 Å². The summed E-state index contributed by atoms with van der Waals surface area (Å²) in [7, 11) is 1.26. The van der Waals surface area contributed by atoms with E-state index < -0.39 is 46.7 Å². The molecule has 3 atom stereocenters. The van der Waals surface area contributed by atoms with Crippen molar-refractivity contribution in [3.05, 3.63) is 65.2 Å². The fourth-order valence-corrected chi connectivity index (χ4v) is 5.43. The second-order valence-electron chi connectivity index (χ2n) is 9.35. The first kappa shape index (κ1) is 28.2. The maximum absolute atomic E-state index is 13.5. The van der Waals surface area contributed by atoms with Crippen molar-refractivity contribution in [3.8, 4) is 5.75 Å². The first-order valence-electron chi connectivity index (χ1n) is 11.8. The number of hydrogen-bond donors (Lipinski definition) is 2. The van der Waals surface area contributed by atoms with Crippen molar-refractivity contribution in [2.24, 2.45) is 0 Å². The average Bonchev–Trinajstić information content (AvgIpc) is 3.18. The molecule has 1 fully saturated rings. The van der Waals surface area contributed by atoms with Crippen molar-refractivity contribution < 1.29 is 33.8 Å². The van der Waals surface area contributed by atoms with Crippen LogP contribution >= 0.6 is 11.8 Å². The summed E-state index contributed by atoms with van der Waals surface area (Å²) in [5.41, 5.74) is 1.48. The minimum absolute atomic E-state index is 0.162. The topological polar surface area (TPSA) is 122 Å². The molecule has 0 unspecified atom stereocenters. The molecule has 2 N–H and O–H groups in total. The Morgan fingerprint density at radius 3 is 2.43 bits per heavy atom. The van der Waals surface area contributed by atoms with Crippen molar-refractivity contribution in [2.75, 3.05) is 13.0 Å². The Balaban J connectivity index is 1.90. The number of amides is 2. The molecule has 37 heavy (non-hydrogen) atoms. The van der Waals surface area contributed by atoms with Crippen LogP contribution in [0.3, 0.4) is 0 Å². The van der Waals surface area contributed by atoms with Gasteiger partial charge in [0.1, 0.15) is 11.8 Å². The molecule has 0 aliphatic carbocycles. The first-order chi connectivity index (χ1) is 17.5. The molecule has 0 radical (unpaired) electrons. The molecule has 1 saturated heterocycles. The second kappa shape index (κ2) is 11.8. The summed E-state index contributed by atoms with van der Waals surface area (Å²) in [5.74, 6) is -1.88. The van der Waals surface area contributed by atoms with Gasteiger partial charge in [0, 0.05) is 22.8 Å². The summed E-state index contributed by atoms with van der Waals surface area (Å²) in [6.45, 7) is 6.58. The Kier molecular flexibility index (Phi) is 8.98. The van der Waals surface area contributed by atoms with Gasteiger partial charge in [-0.3, -0.25) is 14.4 Å². The van der Waals surface area contributed by atoms with E-state index in [-0.39, 0.29) is 23.6 Å². The number of esters is 2. The third-order valence-corrected chi connectivity index (χ3v) is 7.66. The van der Waals surface area contributed by atoms with E-state index in [1.54, 1.807) is 25.1 Å². The summed E-state index contributed by atoms with van der Waals surface area (Å²) >= 11 is 1.40. The molecule has 3 rings (SSSR count). The molecule has 0 saturated carbocycles. The van der Waals surface area contributed by atoms with Gasteiger partial charge in [0.2, 0.25) is 0 Å². The number of aliphatic hydroxyl groups is 1. The molecule has 10 heteroatoms. The average molecular weight is 529 g/mol. The Morgan fingerprint density at radius 1 is 1.14 bits per heavy atom. The normalized spacial score (nSPS) is 18.0. The van der Waals surface area contributed by atoms with Crippen molar-refractivity contribution in [2.45, 2.75) is 57.1 Å². The molecule has 2 amide bonds. The van der Waals surface area contributed by atoms with Crippen LogP contribution in [0, 0.1) is 6.92 Å². The maximum atomic E-state index is 13.5. The summed E-state index contributed by atoms with van der Waals surface area (Å²) in [4.78, 5) is 52.1. The van der Waals surface area contributed by atoms with E-state index in [9.17, 15) is 24.3 Å². The van der Waals surface area contributed by atoms with Crippen LogP contribution in [0.15, 0.2) is 48.5 Å². The Bertz CT molecular complexity index is 1170. The minimum Gasteiger partial charge on any atom is -0.467 e. The molecule has 198 valence electrons. The third-order valence-electron chi connectivity index (χ3n) is 6.28. The molecule has 9 nitrogen and oxygen atoms in total. The van der Waals surface area contributed by atoms with Gasteiger partial charge >= 0.3 is 11.9 Å². The fourth-order valence-electron chi connectivity index (χ4n) is 4.30. The molecule has 2 aromatic carbocycles. The first-order valence-corrected chi connectivity index (χ1v) is 12.8. The van der Waals surface area contributed by atoms with Gasteiger partial charge in [-0.25, -0.2) is 4.79 Å². The maximum Gasteiger partial charge on any atom is 0.330 e. The second-order valence-corrected chi connectivity index (χ2v) is 10.9. The van der Waals surface area contributed by atoms with E-state index in [4.69, 9.17) is 9.47 Å². The van der Waals surface area contributed by atoms with Crippen LogP contribution in [0.4, 0.5) is 0 Å². The number of rotatable bonds is 8. The lowest BCUT2D eigenvalue weighted by Gasteiger charge is -2.32. The van der Waals surface area contributed by atoms with Gasteiger partial charge in [-0.2, -0.15) is 0 Å². The smallest absolute Gasteiger partial charge is 0.330 e. The zero-order chi connectivity index (χ0) is 27.3. The highest BCUT2D eigenvalue weighted by Gasteiger charge is 2.50. The quantitative estimate of drug-likeness (QED) is 0.396. The molecule has 1 aliphatic heterocycles. The van der Waals surface area contributed by atoms with E-state index in [0.717, 1.165) is 5.56 Å². The summed E-state index contributed by atoms with van der Waals surface area (Å²) in [6.07, 6.45) is -1.47. The Hall–Kier alpha value is -3.37. The van der Waals surface area contributed by atoms with Gasteiger partial charge in [-0.1, -0.05) is 36.4 Å². The van der Waals surface area contributed by atoms with E-state index in [1.807, 2.05) is 44.2 Å². The number of thioether (sulfide) groups is 1. The predicted octanol–water partition coefficient (Wildman–Crippen LogP) is 2.48. The van der Waals surface area contributed by atoms with Gasteiger partial charge < -0.3 is 24.8 Å². The number of benzene rings is 2. The van der Waals surface area contributed by atoms with E-state index in [1.165, 1.54) is 30.7 Å². The fraction of sp³-hybridized carbons (Fsp3) is 0.407. The lowest BCUT2D eigenvalue weighted by atomic mass is 9.97. The van der Waals surface area contributed by atoms with Crippen molar-refractivity contribution in [3.63, 3.8) is 0 Å². The van der Waals surface area contributed by atoms with Crippen LogP contribution in [-0.4, -0.2) is 69.7 Å². The zero-order valence-corrected chi connectivity index (χ0v) is 22.3. The highest BCUT2D eigenvalue weighted by Crippen LogP contribution is 2.40. The van der Waals surface area contributed by atoms with Crippen molar-refractivity contribution >= 4 is 35.5 Å². The highest BCUT2D eigenvalue weighted by atomic mass is 32.2. The number of ether oxygens (including phenoxy) is 2. The summed E-state index contributed by atoms with van der Waals surface area (Å²) in [5, 5.41) is 14.0. The van der Waals surface area contributed by atoms with Gasteiger partial charge in [0.25, 0.3) is 11.8 Å². The lowest BCUT2D eigenvalue weighted by Crippen LogP contribution is -2.57. The largest absolute Gasteiger partial charge is 0.467 e. The number of methoxy groups -OCH3 is 1. The van der Waals surface area contributed by atoms with E-state index in [2.05, 4.69) is 5.32 Å². The molecule has 0 aromatic heterocycles. The minimum atomic E-state index is -1.64. The highest BCUT2D eigenvalue weighted by molar-refractivity contribution is 8.00. The van der Waals surface area contributed by atoms with Crippen LogP contribution in [0.25, 0.3) is 0 Å². The number of nitrogens with one attached hydrogen (secondary N) is 1. The summed E-state index contributed by atoms with van der Waals surface area (Å²) < 4.78 is 9.49. The van der Waals surface area contributed by atoms with Crippen molar-refractivity contribution in [1.29, 1.82) is 0 Å². The Labute approximate surface area is 220 Å². The zero-order valence-electron chi connectivity index (χ0n) is 21.5. The standard InChI is InChI=1S/C27H32N2O7S/c1-16-19(12-9-13-21(16)36-17(2)30)24(32)28-20(14-18-10-7-6-8-11-18)22(31)25(33)29-15-37-27(3,4)23(29)26(34)35-5/h6-13,20,22-23,31H,14-15H2,1-5H3,(H,28,32)/t20-,22-,23+/m0/s1. The van der Waals surface area contributed by atoms with E-state index >= 15 is 0 Å². The SMILES string of the molecule is COC(=O)[C@H]1N(C(=O)[C@@H](O)[C@H](Cc2ccccc2)NC(=O)c2cccc(OC(C)=O)c2C)CSC1(C)C. The third kappa shape index (κ3) is 6.50. The predicted molar refractivity (Wildman–Crippen MR) is 139 cm³/mol. The van der Waals surface area contributed by atoms with Crippen LogP contribution in [-0.2, 0) is 25.5 Å². The molecule has 0 spiro atoms. The lowest BCUT2D eigenvalue weighted by molar-refractivity contribution is -0.156. The van der Waals surface area contributed by atoms with Crippen LogP contribution in [0.5, 0.6) is 5.75 Å². The number of aliphatic hydroxyl groups excluding tert-OH is 1. The van der Waals surface area contributed by atoms with Gasteiger partial charge in [0.05, 0.1) is 19.0 Å². The van der Waals surface area contributed by atoms with Crippen LogP contribution < -0.4 is 10.1 Å². The number of nitrogens with zero attached hydrogens (tertiary/aromatic N) is 1. The summed E-state index contributed by atoms with van der Waals surface area (Å²) in [6, 6.07) is 12.0. The van der Waals surface area contributed by atoms with E-state index in [0.29, 0.717) is 5.56 Å². The number of hydrogen-bond acceptors (Lipinski definition) is 8. The van der Waals surface area contributed by atoms with Crippen molar-refractivity contribution in [1.82, 2.24) is 10.2 Å². The molecule has 2 aromatic rings. The molecular formula is C27H32N2O7S. The molecule has 1 heterocycles. The Morgan fingerprint density at radius 2 is 1.81 bits per heavy atom. The molecule has 1 aliphatic rings. The van der Waals surface area contributed by atoms with Crippen LogP contribution in [0.2, 0.25) is 0 Å². The monoisotopic (exact) mass is 528 g/mol. The number of carbonyl (C=O) groups is 4. The number of carbonyl (C=O) groups excluding carboxylic acids is 4. The van der Waals surface area contributed by atoms with Gasteiger partial charge in [0.15, 0.2) is 6.10 Å². The molecule has 0 bridgehead atoms. The molecular weight excluding hydrogens is 496 g/mol. The van der Waals surface area contributed by atoms with Gasteiger partial charge in [-0.15, -0.1) is 11.8 Å².